The first-order valence-corrected chi connectivity index (χ1v) is 8.01. The minimum Gasteiger partial charge on any atom is -0.400 e. The number of hydrogen-bond donors (Lipinski definition) is 2. The third kappa shape index (κ3) is 2.81. The third-order valence-electron chi connectivity index (χ3n) is 4.96. The molecular weight excluding hydrogens is 305 g/mol. The van der Waals surface area contributed by atoms with Gasteiger partial charge >= 0.3 is 7.12 Å². The Kier molecular flexibility index (Phi) is 4.15. The Bertz CT molecular complexity index is 790. The number of nitrogens with one attached hydrogen (secondary N) is 1. The Morgan fingerprint density at radius 3 is 2.50 bits per heavy atom. The molecule has 1 aromatic carbocycles. The van der Waals surface area contributed by atoms with Gasteiger partial charge in [0.15, 0.2) is 6.29 Å². The van der Waals surface area contributed by atoms with Crippen molar-refractivity contribution in [2.75, 3.05) is 6.61 Å². The molecule has 0 aliphatic carbocycles. The molecule has 1 saturated heterocycles. The average Bonchev–Trinajstić information content (AvgIpc) is 3.02. The Hall–Kier alpha value is -1.89. The first kappa shape index (κ1) is 17.0. The molecule has 0 bridgehead atoms. The van der Waals surface area contributed by atoms with Crippen LogP contribution in [0.2, 0.25) is 0 Å². The number of aromatic nitrogens is 1. The van der Waals surface area contributed by atoms with Gasteiger partial charge in [0.05, 0.1) is 17.8 Å². The minimum atomic E-state index is -0.590. The summed E-state index contributed by atoms with van der Waals surface area (Å²) < 4.78 is 12.0. The zero-order valence-electron chi connectivity index (χ0n) is 14.4. The summed E-state index contributed by atoms with van der Waals surface area (Å²) in [4.78, 5) is 14.2. The summed E-state index contributed by atoms with van der Waals surface area (Å²) in [5, 5.41) is 10.6. The molecule has 1 fully saturated rings. The van der Waals surface area contributed by atoms with Crippen LogP contribution >= 0.6 is 0 Å². The first-order chi connectivity index (χ1) is 11.3. The highest BCUT2D eigenvalue weighted by atomic mass is 16.7. The van der Waals surface area contributed by atoms with Gasteiger partial charge in [-0.1, -0.05) is 12.1 Å². The number of hydrogen-bond acceptors (Lipinski definition) is 4. The number of aliphatic hydroxyl groups excluding tert-OH is 1. The lowest BCUT2D eigenvalue weighted by atomic mass is 9.77. The van der Waals surface area contributed by atoms with E-state index < -0.39 is 18.3 Å². The van der Waals surface area contributed by atoms with Gasteiger partial charge in [-0.05, 0) is 50.9 Å². The summed E-state index contributed by atoms with van der Waals surface area (Å²) in [6.07, 6.45) is 4.36. The SMILES string of the molecule is CC1(C)OB(C(=Cc2ccc3[nH]cc(C=O)c3c2)CO)OC1(C)C. The molecule has 24 heavy (non-hydrogen) atoms. The molecule has 1 aliphatic heterocycles. The van der Waals surface area contributed by atoms with Crippen LogP contribution in [0.1, 0.15) is 43.6 Å². The highest BCUT2D eigenvalue weighted by Gasteiger charge is 2.52. The van der Waals surface area contributed by atoms with Crippen molar-refractivity contribution in [2.45, 2.75) is 38.9 Å². The predicted molar refractivity (Wildman–Crippen MR) is 94.8 cm³/mol. The Balaban J connectivity index is 1.95. The van der Waals surface area contributed by atoms with Crippen LogP contribution in [0.4, 0.5) is 0 Å². The molecule has 0 radical (unpaired) electrons. The Labute approximate surface area is 141 Å². The zero-order valence-corrected chi connectivity index (χ0v) is 14.4. The van der Waals surface area contributed by atoms with Crippen molar-refractivity contribution in [3.05, 3.63) is 41.0 Å². The van der Waals surface area contributed by atoms with Crippen LogP contribution in [-0.2, 0) is 9.31 Å². The number of aliphatic hydroxyl groups is 1. The van der Waals surface area contributed by atoms with Gasteiger partial charge in [-0.15, -0.1) is 0 Å². The van der Waals surface area contributed by atoms with Gasteiger partial charge in [-0.2, -0.15) is 0 Å². The Morgan fingerprint density at radius 1 is 1.25 bits per heavy atom. The van der Waals surface area contributed by atoms with Crippen molar-refractivity contribution in [2.24, 2.45) is 0 Å². The molecule has 2 aromatic rings. The summed E-state index contributed by atoms with van der Waals surface area (Å²) in [6, 6.07) is 5.75. The van der Waals surface area contributed by atoms with Crippen LogP contribution in [0.15, 0.2) is 29.9 Å². The fourth-order valence-corrected chi connectivity index (χ4v) is 2.74. The standard InChI is InChI=1S/C18H22BNO4/c1-17(2)18(3,4)24-19(23-17)14(11-22)7-12-5-6-16-15(8-12)13(10-21)9-20-16/h5-10,20,22H,11H2,1-4H3. The van der Waals surface area contributed by atoms with Crippen LogP contribution in [0, 0.1) is 0 Å². The van der Waals surface area contributed by atoms with E-state index in [1.165, 1.54) is 0 Å². The quantitative estimate of drug-likeness (QED) is 0.669. The highest BCUT2D eigenvalue weighted by molar-refractivity contribution is 6.55. The van der Waals surface area contributed by atoms with Crippen LogP contribution in [-0.4, -0.2) is 41.3 Å². The highest BCUT2D eigenvalue weighted by Crippen LogP contribution is 2.38. The molecule has 0 atom stereocenters. The lowest BCUT2D eigenvalue weighted by molar-refractivity contribution is 0.00578. The number of carbonyl (C=O) groups is 1. The van der Waals surface area contributed by atoms with Gasteiger partial charge < -0.3 is 19.4 Å². The molecule has 0 saturated carbocycles. The molecule has 1 aromatic heterocycles. The molecule has 3 rings (SSSR count). The first-order valence-electron chi connectivity index (χ1n) is 8.01. The zero-order chi connectivity index (χ0) is 17.5. The molecule has 0 spiro atoms. The summed E-state index contributed by atoms with van der Waals surface area (Å²) in [6.45, 7) is 7.74. The van der Waals surface area contributed by atoms with Crippen LogP contribution < -0.4 is 0 Å². The van der Waals surface area contributed by atoms with E-state index in [4.69, 9.17) is 9.31 Å². The third-order valence-corrected chi connectivity index (χ3v) is 4.96. The second-order valence-corrected chi connectivity index (χ2v) is 7.13. The minimum absolute atomic E-state index is 0.164. The normalized spacial score (nSPS) is 19.9. The summed E-state index contributed by atoms with van der Waals surface area (Å²) >= 11 is 0. The van der Waals surface area contributed by atoms with E-state index in [1.807, 2.05) is 52.0 Å². The second kappa shape index (κ2) is 5.88. The van der Waals surface area contributed by atoms with Crippen molar-refractivity contribution in [3.8, 4) is 0 Å². The van der Waals surface area contributed by atoms with Gasteiger partial charge in [-0.3, -0.25) is 4.79 Å². The molecule has 6 heteroatoms. The molecule has 2 heterocycles. The predicted octanol–water partition coefficient (Wildman–Crippen LogP) is 2.99. The number of rotatable bonds is 4. The number of aldehydes is 1. The molecule has 126 valence electrons. The van der Waals surface area contributed by atoms with Crippen LogP contribution in [0.5, 0.6) is 0 Å². The smallest absolute Gasteiger partial charge is 0.400 e. The van der Waals surface area contributed by atoms with Crippen molar-refractivity contribution >= 4 is 30.4 Å². The van der Waals surface area contributed by atoms with Gasteiger partial charge in [-0.25, -0.2) is 0 Å². The van der Waals surface area contributed by atoms with Crippen molar-refractivity contribution in [1.29, 1.82) is 0 Å². The topological polar surface area (TPSA) is 71.6 Å². The van der Waals surface area contributed by atoms with Gasteiger partial charge in [0.25, 0.3) is 0 Å². The maximum absolute atomic E-state index is 11.1. The number of carbonyl (C=O) groups excluding carboxylic acids is 1. The monoisotopic (exact) mass is 327 g/mol. The van der Waals surface area contributed by atoms with E-state index >= 15 is 0 Å². The molecule has 5 nitrogen and oxygen atoms in total. The van der Waals surface area contributed by atoms with E-state index in [1.54, 1.807) is 6.20 Å². The van der Waals surface area contributed by atoms with E-state index in [-0.39, 0.29) is 6.61 Å². The summed E-state index contributed by atoms with van der Waals surface area (Å²) in [5.41, 5.74) is 2.12. The largest absolute Gasteiger partial charge is 0.492 e. The maximum atomic E-state index is 11.1. The summed E-state index contributed by atoms with van der Waals surface area (Å²) in [7, 11) is -0.590. The second-order valence-electron chi connectivity index (χ2n) is 7.13. The maximum Gasteiger partial charge on any atom is 0.492 e. The van der Waals surface area contributed by atoms with E-state index in [2.05, 4.69) is 4.98 Å². The number of benzene rings is 1. The molecule has 1 aliphatic rings. The van der Waals surface area contributed by atoms with Crippen molar-refractivity contribution in [1.82, 2.24) is 4.98 Å². The fourth-order valence-electron chi connectivity index (χ4n) is 2.74. The number of H-pyrrole nitrogens is 1. The lowest BCUT2D eigenvalue weighted by Crippen LogP contribution is -2.41. The molecule has 2 N–H and O–H groups in total. The summed E-state index contributed by atoms with van der Waals surface area (Å²) in [5.74, 6) is 0. The van der Waals surface area contributed by atoms with E-state index in [0.29, 0.717) is 11.0 Å². The van der Waals surface area contributed by atoms with Gasteiger partial charge in [0, 0.05) is 22.7 Å². The molecular formula is C18H22BNO4. The van der Waals surface area contributed by atoms with Gasteiger partial charge in [0.1, 0.15) is 0 Å². The van der Waals surface area contributed by atoms with Gasteiger partial charge in [0.2, 0.25) is 0 Å². The van der Waals surface area contributed by atoms with Crippen molar-refractivity contribution < 1.29 is 19.2 Å². The number of aromatic amines is 1. The van der Waals surface area contributed by atoms with Crippen molar-refractivity contribution in [3.63, 3.8) is 0 Å². The van der Waals surface area contributed by atoms with E-state index in [0.717, 1.165) is 22.8 Å². The molecule has 0 unspecified atom stereocenters. The Morgan fingerprint density at radius 2 is 1.92 bits per heavy atom. The van der Waals surface area contributed by atoms with E-state index in [9.17, 15) is 9.90 Å². The lowest BCUT2D eigenvalue weighted by Gasteiger charge is -2.32. The number of fused-ring (bicyclic) bond motifs is 1. The van der Waals surface area contributed by atoms with Crippen LogP contribution in [0.25, 0.3) is 17.0 Å². The molecule has 0 amide bonds. The average molecular weight is 327 g/mol. The fraction of sp³-hybridized carbons (Fsp3) is 0.389. The van der Waals surface area contributed by atoms with Crippen LogP contribution in [0.3, 0.4) is 0 Å².